The number of allylic oxidation sites excluding steroid dienone is 1. The summed E-state index contributed by atoms with van der Waals surface area (Å²) in [6.45, 7) is 3.10. The molecule has 1 N–H and O–H groups in total. The third-order valence-corrected chi connectivity index (χ3v) is 7.13. The predicted octanol–water partition coefficient (Wildman–Crippen LogP) is 5.24. The first kappa shape index (κ1) is 23.2. The molecule has 2 aliphatic rings. The van der Waals surface area contributed by atoms with Gasteiger partial charge in [0.05, 0.1) is 18.4 Å². The van der Waals surface area contributed by atoms with E-state index in [1.807, 2.05) is 18.2 Å². The summed E-state index contributed by atoms with van der Waals surface area (Å²) in [6, 6.07) is 14.8. The van der Waals surface area contributed by atoms with E-state index in [1.165, 1.54) is 22.6 Å². The minimum Gasteiger partial charge on any atom is -0.488 e. The van der Waals surface area contributed by atoms with Gasteiger partial charge in [-0.3, -0.25) is 9.20 Å². The van der Waals surface area contributed by atoms with E-state index < -0.39 is 17.2 Å². The molecule has 0 saturated carbocycles. The van der Waals surface area contributed by atoms with E-state index >= 15 is 0 Å². The molecule has 2 aliphatic heterocycles. The number of fused-ring (bicyclic) bond motifs is 3. The van der Waals surface area contributed by atoms with Crippen LogP contribution in [-0.4, -0.2) is 22.6 Å². The standard InChI is InChI=1S/C29H23F2N3O3/c1-16(13-32)28-22-4-2-17(8-19(22)15-37-25-10-20(30)3-5-23(25)28)9-24-29(18-6-7-36-14-18)33-26-11-21(31)12-27(35)34(24)26/h2-5,8,10-12,18,33H,6-7,9,14-15H2,1H3/b28-16+. The first-order chi connectivity index (χ1) is 17.9. The number of ether oxygens (including phenoxy) is 2. The molecule has 4 aromatic rings. The quantitative estimate of drug-likeness (QED) is 0.391. The smallest absolute Gasteiger partial charge is 0.259 e. The number of aromatic nitrogens is 2. The molecule has 8 heteroatoms. The maximum atomic E-state index is 14.0. The van der Waals surface area contributed by atoms with Crippen LogP contribution in [0.3, 0.4) is 0 Å². The zero-order valence-electron chi connectivity index (χ0n) is 20.1. The fraction of sp³-hybridized carbons (Fsp3) is 0.241. The van der Waals surface area contributed by atoms with Crippen LogP contribution < -0.4 is 10.3 Å². The van der Waals surface area contributed by atoms with E-state index in [4.69, 9.17) is 9.47 Å². The van der Waals surface area contributed by atoms with Crippen LogP contribution >= 0.6 is 0 Å². The Balaban J connectivity index is 1.47. The fourth-order valence-corrected chi connectivity index (χ4v) is 5.41. The molecule has 0 amide bonds. The maximum absolute atomic E-state index is 14.0. The molecule has 186 valence electrons. The van der Waals surface area contributed by atoms with Crippen molar-refractivity contribution in [3.8, 4) is 11.8 Å². The summed E-state index contributed by atoms with van der Waals surface area (Å²) in [7, 11) is 0. The minimum atomic E-state index is -0.586. The number of hydrogen-bond donors (Lipinski definition) is 1. The number of benzene rings is 2. The molecule has 0 radical (unpaired) electrons. The first-order valence-electron chi connectivity index (χ1n) is 12.1. The Bertz CT molecular complexity index is 1690. The average Bonchev–Trinajstić information content (AvgIpc) is 3.49. The molecule has 1 atom stereocenters. The van der Waals surface area contributed by atoms with Gasteiger partial charge in [0.2, 0.25) is 0 Å². The Kier molecular flexibility index (Phi) is 5.65. The Hall–Kier alpha value is -4.22. The van der Waals surface area contributed by atoms with Crippen LogP contribution in [0.2, 0.25) is 0 Å². The van der Waals surface area contributed by atoms with Crippen LogP contribution in [0.4, 0.5) is 8.78 Å². The second-order valence-corrected chi connectivity index (χ2v) is 9.49. The van der Waals surface area contributed by atoms with Gasteiger partial charge in [-0.2, -0.15) is 5.26 Å². The highest BCUT2D eigenvalue weighted by Crippen LogP contribution is 2.39. The number of rotatable bonds is 3. The van der Waals surface area contributed by atoms with Crippen LogP contribution in [0.5, 0.6) is 5.75 Å². The zero-order chi connectivity index (χ0) is 25.7. The van der Waals surface area contributed by atoms with E-state index in [2.05, 4.69) is 11.1 Å². The summed E-state index contributed by atoms with van der Waals surface area (Å²) < 4.78 is 41.1. The van der Waals surface area contributed by atoms with Crippen molar-refractivity contribution in [1.29, 1.82) is 5.26 Å². The van der Waals surface area contributed by atoms with Crippen LogP contribution in [0.1, 0.15) is 52.9 Å². The fourth-order valence-electron chi connectivity index (χ4n) is 5.41. The van der Waals surface area contributed by atoms with Crippen LogP contribution in [-0.2, 0) is 17.8 Å². The molecule has 37 heavy (non-hydrogen) atoms. The normalized spacial score (nSPS) is 18.1. The number of H-pyrrole nitrogens is 1. The molecule has 2 aromatic heterocycles. The lowest BCUT2D eigenvalue weighted by Crippen LogP contribution is -2.16. The second-order valence-electron chi connectivity index (χ2n) is 9.49. The minimum absolute atomic E-state index is 0.0822. The van der Waals surface area contributed by atoms with Gasteiger partial charge in [-0.1, -0.05) is 18.2 Å². The molecule has 6 nitrogen and oxygen atoms in total. The van der Waals surface area contributed by atoms with Crippen molar-refractivity contribution >= 4 is 11.2 Å². The van der Waals surface area contributed by atoms with Crippen molar-refractivity contribution in [2.45, 2.75) is 32.3 Å². The molecule has 2 aromatic carbocycles. The molecular weight excluding hydrogens is 476 g/mol. The van der Waals surface area contributed by atoms with Crippen molar-refractivity contribution in [1.82, 2.24) is 9.38 Å². The number of nitrogens with zero attached hydrogens (tertiary/aromatic N) is 2. The van der Waals surface area contributed by atoms with E-state index in [-0.39, 0.29) is 12.5 Å². The van der Waals surface area contributed by atoms with Gasteiger partial charge in [-0.25, -0.2) is 8.78 Å². The molecule has 1 saturated heterocycles. The van der Waals surface area contributed by atoms with Gasteiger partial charge in [-0.05, 0) is 42.2 Å². The SMILES string of the molecule is C/C(C#N)=C1/c2ccc(Cc3c(C4CCOC4)[nH]c4cc(F)cc(=O)n34)cc2COc2cc(F)ccc21. The Labute approximate surface area is 211 Å². The van der Waals surface area contributed by atoms with Gasteiger partial charge in [0.15, 0.2) is 0 Å². The van der Waals surface area contributed by atoms with Gasteiger partial charge in [0, 0.05) is 59.5 Å². The Morgan fingerprint density at radius 3 is 2.76 bits per heavy atom. The van der Waals surface area contributed by atoms with Crippen LogP contribution in [0.15, 0.2) is 58.9 Å². The number of halogens is 2. The van der Waals surface area contributed by atoms with Gasteiger partial charge in [0.25, 0.3) is 5.56 Å². The number of imidazole rings is 1. The van der Waals surface area contributed by atoms with E-state index in [9.17, 15) is 18.8 Å². The van der Waals surface area contributed by atoms with Crippen molar-refractivity contribution in [3.05, 3.63) is 110 Å². The monoisotopic (exact) mass is 499 g/mol. The topological polar surface area (TPSA) is 79.5 Å². The Morgan fingerprint density at radius 2 is 1.97 bits per heavy atom. The molecule has 1 fully saturated rings. The van der Waals surface area contributed by atoms with E-state index in [0.717, 1.165) is 40.6 Å². The summed E-state index contributed by atoms with van der Waals surface area (Å²) in [5, 5.41) is 9.70. The van der Waals surface area contributed by atoms with Gasteiger partial charge >= 0.3 is 0 Å². The highest BCUT2D eigenvalue weighted by atomic mass is 19.1. The number of aromatic amines is 1. The zero-order valence-corrected chi connectivity index (χ0v) is 20.1. The molecule has 4 heterocycles. The largest absolute Gasteiger partial charge is 0.488 e. The van der Waals surface area contributed by atoms with Crippen molar-refractivity contribution in [3.63, 3.8) is 0 Å². The Morgan fingerprint density at radius 1 is 1.14 bits per heavy atom. The summed E-state index contributed by atoms with van der Waals surface area (Å²) in [4.78, 5) is 16.1. The number of nitriles is 1. The van der Waals surface area contributed by atoms with E-state index in [1.54, 1.807) is 13.0 Å². The second kappa shape index (κ2) is 9.02. The number of nitrogens with one attached hydrogen (secondary N) is 1. The first-order valence-corrected chi connectivity index (χ1v) is 12.1. The third kappa shape index (κ3) is 4.02. The number of hydrogen-bond acceptors (Lipinski definition) is 4. The molecule has 0 aliphatic carbocycles. The lowest BCUT2D eigenvalue weighted by Gasteiger charge is -2.14. The molecule has 0 bridgehead atoms. The van der Waals surface area contributed by atoms with Gasteiger partial charge < -0.3 is 14.5 Å². The third-order valence-electron chi connectivity index (χ3n) is 7.13. The van der Waals surface area contributed by atoms with Crippen LogP contribution in [0, 0.1) is 23.0 Å². The highest BCUT2D eigenvalue weighted by Gasteiger charge is 2.26. The average molecular weight is 500 g/mol. The maximum Gasteiger partial charge on any atom is 0.259 e. The lowest BCUT2D eigenvalue weighted by atomic mass is 9.89. The van der Waals surface area contributed by atoms with Gasteiger partial charge in [-0.15, -0.1) is 0 Å². The molecule has 6 rings (SSSR count). The summed E-state index contributed by atoms with van der Waals surface area (Å²) in [5.74, 6) is -0.531. The van der Waals surface area contributed by atoms with Crippen LogP contribution in [0.25, 0.3) is 11.2 Å². The van der Waals surface area contributed by atoms with Crippen molar-refractivity contribution in [2.75, 3.05) is 13.2 Å². The number of pyridine rings is 1. The molecule has 0 spiro atoms. The summed E-state index contributed by atoms with van der Waals surface area (Å²) >= 11 is 0. The molecular formula is C29H23F2N3O3. The van der Waals surface area contributed by atoms with Crippen molar-refractivity contribution in [2.24, 2.45) is 0 Å². The predicted molar refractivity (Wildman–Crippen MR) is 133 cm³/mol. The highest BCUT2D eigenvalue weighted by molar-refractivity contribution is 5.88. The van der Waals surface area contributed by atoms with Gasteiger partial charge in [0.1, 0.15) is 29.6 Å². The van der Waals surface area contributed by atoms with E-state index in [0.29, 0.717) is 47.7 Å². The lowest BCUT2D eigenvalue weighted by molar-refractivity contribution is 0.193. The van der Waals surface area contributed by atoms with Crippen molar-refractivity contribution < 1.29 is 18.3 Å². The molecule has 1 unspecified atom stereocenters. The summed E-state index contributed by atoms with van der Waals surface area (Å²) in [6.07, 6.45) is 1.23. The summed E-state index contributed by atoms with van der Waals surface area (Å²) in [5.41, 5.74) is 6.10.